The van der Waals surface area contributed by atoms with Gasteiger partial charge in [-0.25, -0.2) is 0 Å². The predicted octanol–water partition coefficient (Wildman–Crippen LogP) is 9.67. The second kappa shape index (κ2) is 13.9. The van der Waals surface area contributed by atoms with Crippen LogP contribution in [0, 0.1) is 0 Å². The molecule has 0 radical (unpaired) electrons. The van der Waals surface area contributed by atoms with Crippen molar-refractivity contribution in [3.63, 3.8) is 0 Å². The summed E-state index contributed by atoms with van der Waals surface area (Å²) in [5.74, 6) is 0. The zero-order valence-electron chi connectivity index (χ0n) is 21.3. The minimum atomic E-state index is -1.24. The van der Waals surface area contributed by atoms with Crippen LogP contribution in [-0.4, -0.2) is 17.0 Å². The summed E-state index contributed by atoms with van der Waals surface area (Å²) in [5, 5.41) is 0. The van der Waals surface area contributed by atoms with Crippen LogP contribution in [0.4, 0.5) is 0 Å². The normalized spacial score (nSPS) is 12.7. The van der Waals surface area contributed by atoms with Gasteiger partial charge in [-0.2, -0.15) is 0 Å². The zero-order valence-corrected chi connectivity index (χ0v) is 23.7. The van der Waals surface area contributed by atoms with Crippen molar-refractivity contribution in [2.75, 3.05) is 0 Å². The van der Waals surface area contributed by atoms with E-state index in [9.17, 15) is 0 Å². The molecule has 0 saturated carbocycles. The zero-order chi connectivity index (χ0) is 23.7. The number of hydrogen-bond acceptors (Lipinski definition) is 1. The Balaban J connectivity index is 0.000000320. The largest absolute Gasteiger partial charge is 0.271 e. The third-order valence-electron chi connectivity index (χ3n) is 6.14. The van der Waals surface area contributed by atoms with Crippen LogP contribution in [0.1, 0.15) is 59.1 Å². The molecular formula is C30H40NPTi. The van der Waals surface area contributed by atoms with Gasteiger partial charge in [-0.05, 0) is 52.4 Å². The van der Waals surface area contributed by atoms with E-state index >= 15 is 0 Å². The number of benzene rings is 2. The Morgan fingerprint density at radius 1 is 0.727 bits per heavy atom. The van der Waals surface area contributed by atoms with E-state index < -0.39 is 7.05 Å². The summed E-state index contributed by atoms with van der Waals surface area (Å²) in [5.41, 5.74) is 7.56. The summed E-state index contributed by atoms with van der Waals surface area (Å²) in [7, 11) is -1.24. The van der Waals surface area contributed by atoms with Crippen molar-refractivity contribution in [1.82, 2.24) is 0 Å². The minimum Gasteiger partial charge on any atom is -0.271 e. The fourth-order valence-electron chi connectivity index (χ4n) is 4.49. The van der Waals surface area contributed by atoms with Gasteiger partial charge in [0.2, 0.25) is 0 Å². The van der Waals surface area contributed by atoms with Crippen molar-refractivity contribution in [2.45, 2.75) is 64.9 Å². The molecule has 0 aliphatic heterocycles. The molecule has 0 bridgehead atoms. The Labute approximate surface area is 217 Å². The van der Waals surface area contributed by atoms with E-state index in [4.69, 9.17) is 4.74 Å². The molecule has 3 rings (SSSR count). The van der Waals surface area contributed by atoms with Crippen LogP contribution < -0.4 is 0 Å². The monoisotopic (exact) mass is 493 g/mol. The topological polar surface area (TPSA) is 12.4 Å². The van der Waals surface area contributed by atoms with Crippen LogP contribution >= 0.6 is 7.05 Å². The van der Waals surface area contributed by atoms with Gasteiger partial charge in [0.05, 0.1) is 0 Å². The van der Waals surface area contributed by atoms with Gasteiger partial charge < -0.3 is 0 Å². The van der Waals surface area contributed by atoms with Gasteiger partial charge in [0.15, 0.2) is 0 Å². The third-order valence-corrected chi connectivity index (χ3v) is 11.7. The van der Waals surface area contributed by atoms with Crippen LogP contribution in [-0.2, 0) is 21.7 Å². The molecule has 0 saturated heterocycles. The van der Waals surface area contributed by atoms with Gasteiger partial charge >= 0.3 is 0 Å². The molecule has 1 nitrogen and oxygen atoms in total. The number of rotatable bonds is 7. The van der Waals surface area contributed by atoms with Gasteiger partial charge in [0, 0.05) is 33.8 Å². The minimum absolute atomic E-state index is 0. The van der Waals surface area contributed by atoms with Crippen molar-refractivity contribution < 1.29 is 21.7 Å². The Morgan fingerprint density at radius 3 is 1.42 bits per heavy atom. The van der Waals surface area contributed by atoms with E-state index in [0.29, 0.717) is 17.0 Å². The first-order valence-electron chi connectivity index (χ1n) is 11.7. The molecule has 33 heavy (non-hydrogen) atoms. The molecule has 2 aromatic carbocycles. The van der Waals surface area contributed by atoms with Crippen molar-refractivity contribution in [2.24, 2.45) is 4.74 Å². The molecule has 0 amide bonds. The number of hydrogen-bond donors (Lipinski definition) is 0. The summed E-state index contributed by atoms with van der Waals surface area (Å²) in [6.45, 7) is 22.3. The summed E-state index contributed by atoms with van der Waals surface area (Å²) < 4.78 is 5.22. The fraction of sp³-hybridized carbons (Fsp3) is 0.333. The molecular weight excluding hydrogens is 453 g/mol. The molecule has 3 heteroatoms. The standard InChI is InChI=1S/C16H14.C14H26NP.Ti/c1-13(15-9-5-3-6-10-15)14(2)16-11-7-4-8-12-16;1-11(2)16(12(3)4,13(5)6)15-14-9-7-8-10-14;/h3-12H,1-2H2;7-9,11-13H,10H2,1-6H3;. The molecule has 1 aliphatic carbocycles. The van der Waals surface area contributed by atoms with Gasteiger partial charge in [-0.1, -0.05) is 128 Å². The fourth-order valence-corrected chi connectivity index (χ4v) is 9.36. The quantitative estimate of drug-likeness (QED) is 0.207. The Morgan fingerprint density at radius 2 is 1.12 bits per heavy atom. The molecule has 0 fully saturated rings. The van der Waals surface area contributed by atoms with E-state index in [0.717, 1.165) is 28.7 Å². The first-order valence-corrected chi connectivity index (χ1v) is 13.6. The van der Waals surface area contributed by atoms with Gasteiger partial charge in [0.25, 0.3) is 0 Å². The molecule has 0 spiro atoms. The summed E-state index contributed by atoms with van der Waals surface area (Å²) >= 11 is 0. The number of nitrogens with zero attached hydrogens (tertiary/aromatic N) is 1. The maximum Gasteiger partial charge on any atom is 0.0425 e. The first kappa shape index (κ1) is 29.4. The molecule has 1 aliphatic rings. The molecule has 174 valence electrons. The Hall–Kier alpha value is -1.66. The Kier molecular flexibility index (Phi) is 12.4. The van der Waals surface area contributed by atoms with E-state index in [1.165, 1.54) is 5.70 Å². The van der Waals surface area contributed by atoms with Crippen molar-refractivity contribution in [3.05, 3.63) is 109 Å². The van der Waals surface area contributed by atoms with Crippen molar-refractivity contribution >= 4 is 18.2 Å². The summed E-state index contributed by atoms with van der Waals surface area (Å²) in [6.07, 6.45) is 7.55. The van der Waals surface area contributed by atoms with E-state index in [-0.39, 0.29) is 21.7 Å². The average molecular weight is 493 g/mol. The molecule has 2 aromatic rings. The molecule has 0 N–H and O–H groups in total. The Bertz CT molecular complexity index is 934. The van der Waals surface area contributed by atoms with Gasteiger partial charge in [0.1, 0.15) is 0 Å². The molecule has 0 heterocycles. The summed E-state index contributed by atoms with van der Waals surface area (Å²) in [4.78, 5) is 0. The van der Waals surface area contributed by atoms with Crippen LogP contribution in [0.2, 0.25) is 0 Å². The van der Waals surface area contributed by atoms with Gasteiger partial charge in [-0.3, -0.25) is 4.74 Å². The van der Waals surface area contributed by atoms with Crippen molar-refractivity contribution in [3.8, 4) is 0 Å². The second-order valence-corrected chi connectivity index (χ2v) is 14.0. The van der Waals surface area contributed by atoms with Crippen molar-refractivity contribution in [1.29, 1.82) is 0 Å². The smallest absolute Gasteiger partial charge is 0.0425 e. The summed E-state index contributed by atoms with van der Waals surface area (Å²) in [6, 6.07) is 20.3. The van der Waals surface area contributed by atoms with Crippen LogP contribution in [0.5, 0.6) is 0 Å². The third kappa shape index (κ3) is 7.68. The van der Waals surface area contributed by atoms with E-state index in [1.54, 1.807) is 0 Å². The predicted molar refractivity (Wildman–Crippen MR) is 148 cm³/mol. The van der Waals surface area contributed by atoms with Crippen LogP contribution in [0.15, 0.2) is 102 Å². The molecule has 0 aromatic heterocycles. The average Bonchev–Trinajstić information content (AvgIpc) is 3.30. The number of allylic oxidation sites excluding steroid dienone is 5. The van der Waals surface area contributed by atoms with E-state index in [1.807, 2.05) is 36.4 Å². The maximum atomic E-state index is 5.22. The SMILES string of the molecule is C=C(C(=C)c1ccccc1)c1ccccc1.CC(C)P(=NC1=CC=CC1)(C(C)C)C(C)C.[Ti]. The van der Waals surface area contributed by atoms with Gasteiger partial charge in [-0.15, -0.1) is 0 Å². The first-order chi connectivity index (χ1) is 15.2. The van der Waals surface area contributed by atoms with E-state index in [2.05, 4.69) is 97.2 Å². The van der Waals surface area contributed by atoms with Crippen LogP contribution in [0.25, 0.3) is 11.1 Å². The van der Waals surface area contributed by atoms with Crippen LogP contribution in [0.3, 0.4) is 0 Å². The second-order valence-electron chi connectivity index (χ2n) is 9.15. The molecule has 0 unspecified atom stereocenters. The molecule has 0 atom stereocenters. The maximum absolute atomic E-state index is 5.22.